The standard InChI is InChI=1S/C8H8FNO3/c1-5-6(10(11)12)3-4-7(13-2)8(5)9/h3-4H,1-2H3. The molecule has 0 heterocycles. The van der Waals surface area contributed by atoms with Crippen LogP contribution in [-0.2, 0) is 0 Å². The highest BCUT2D eigenvalue weighted by molar-refractivity contribution is 5.45. The van der Waals surface area contributed by atoms with Gasteiger partial charge in [-0.2, -0.15) is 0 Å². The van der Waals surface area contributed by atoms with Crippen molar-refractivity contribution in [2.24, 2.45) is 0 Å². The first-order valence-corrected chi connectivity index (χ1v) is 3.55. The van der Waals surface area contributed by atoms with Crippen LogP contribution in [0.3, 0.4) is 0 Å². The Balaban J connectivity index is 3.31. The van der Waals surface area contributed by atoms with Crippen molar-refractivity contribution >= 4 is 5.69 Å². The molecule has 0 saturated heterocycles. The van der Waals surface area contributed by atoms with Gasteiger partial charge in [0.15, 0.2) is 11.6 Å². The number of nitro groups is 1. The molecular formula is C8H8FNO3. The maximum atomic E-state index is 13.2. The van der Waals surface area contributed by atoms with Crippen LogP contribution in [0.2, 0.25) is 0 Å². The largest absolute Gasteiger partial charge is 0.494 e. The number of ether oxygens (including phenoxy) is 1. The maximum Gasteiger partial charge on any atom is 0.275 e. The van der Waals surface area contributed by atoms with Crippen LogP contribution in [0.15, 0.2) is 12.1 Å². The van der Waals surface area contributed by atoms with E-state index in [2.05, 4.69) is 4.74 Å². The number of hydrogen-bond donors (Lipinski definition) is 0. The van der Waals surface area contributed by atoms with Crippen molar-refractivity contribution in [1.29, 1.82) is 0 Å². The smallest absolute Gasteiger partial charge is 0.275 e. The third kappa shape index (κ3) is 1.58. The minimum Gasteiger partial charge on any atom is -0.494 e. The molecule has 0 saturated carbocycles. The lowest BCUT2D eigenvalue weighted by molar-refractivity contribution is -0.385. The van der Waals surface area contributed by atoms with Gasteiger partial charge in [0.25, 0.3) is 5.69 Å². The van der Waals surface area contributed by atoms with Gasteiger partial charge >= 0.3 is 0 Å². The average molecular weight is 185 g/mol. The summed E-state index contributed by atoms with van der Waals surface area (Å²) in [6, 6.07) is 2.46. The zero-order chi connectivity index (χ0) is 10.0. The molecule has 0 amide bonds. The minimum absolute atomic E-state index is 0.00986. The van der Waals surface area contributed by atoms with E-state index < -0.39 is 10.7 Å². The van der Waals surface area contributed by atoms with Gasteiger partial charge in [-0.15, -0.1) is 0 Å². The molecule has 0 aliphatic rings. The number of rotatable bonds is 2. The molecule has 1 aromatic carbocycles. The fourth-order valence-electron chi connectivity index (χ4n) is 1.01. The lowest BCUT2D eigenvalue weighted by Crippen LogP contribution is -1.97. The highest BCUT2D eigenvalue weighted by Crippen LogP contribution is 2.27. The van der Waals surface area contributed by atoms with Crippen molar-refractivity contribution in [2.45, 2.75) is 6.92 Å². The summed E-state index contributed by atoms with van der Waals surface area (Å²) in [5.74, 6) is -0.667. The molecule has 0 fully saturated rings. The zero-order valence-corrected chi connectivity index (χ0v) is 7.20. The molecule has 0 bridgehead atoms. The summed E-state index contributed by atoms with van der Waals surface area (Å²) >= 11 is 0. The second-order valence-electron chi connectivity index (χ2n) is 2.48. The number of hydrogen-bond acceptors (Lipinski definition) is 3. The van der Waals surface area contributed by atoms with Crippen molar-refractivity contribution in [1.82, 2.24) is 0 Å². The van der Waals surface area contributed by atoms with E-state index in [4.69, 9.17) is 0 Å². The monoisotopic (exact) mass is 185 g/mol. The van der Waals surface area contributed by atoms with Gasteiger partial charge in [-0.3, -0.25) is 10.1 Å². The number of benzene rings is 1. The molecule has 0 radical (unpaired) electrons. The molecule has 0 aliphatic carbocycles. The normalized spacial score (nSPS) is 9.77. The van der Waals surface area contributed by atoms with Crippen LogP contribution in [0, 0.1) is 22.9 Å². The van der Waals surface area contributed by atoms with E-state index in [-0.39, 0.29) is 17.0 Å². The number of methoxy groups -OCH3 is 1. The highest BCUT2D eigenvalue weighted by atomic mass is 19.1. The van der Waals surface area contributed by atoms with Gasteiger partial charge in [0.05, 0.1) is 17.6 Å². The van der Waals surface area contributed by atoms with Gasteiger partial charge in [0, 0.05) is 6.07 Å². The molecule has 70 valence electrons. The average Bonchev–Trinajstić information content (AvgIpc) is 2.09. The van der Waals surface area contributed by atoms with E-state index in [9.17, 15) is 14.5 Å². The van der Waals surface area contributed by atoms with E-state index in [0.717, 1.165) is 0 Å². The van der Waals surface area contributed by atoms with Crippen LogP contribution in [0.25, 0.3) is 0 Å². The molecule has 0 aliphatic heterocycles. The Kier molecular flexibility index (Phi) is 2.46. The molecule has 5 heteroatoms. The molecule has 1 rings (SSSR count). The number of halogens is 1. The van der Waals surface area contributed by atoms with Crippen LogP contribution < -0.4 is 4.74 Å². The zero-order valence-electron chi connectivity index (χ0n) is 7.20. The first-order valence-electron chi connectivity index (χ1n) is 3.55. The second kappa shape index (κ2) is 3.38. The second-order valence-corrected chi connectivity index (χ2v) is 2.48. The van der Waals surface area contributed by atoms with Gasteiger partial charge in [0.1, 0.15) is 0 Å². The van der Waals surface area contributed by atoms with E-state index >= 15 is 0 Å². The molecule has 0 atom stereocenters. The Labute approximate surface area is 74.1 Å². The summed E-state index contributed by atoms with van der Waals surface area (Å²) in [7, 11) is 1.31. The van der Waals surface area contributed by atoms with E-state index in [1.54, 1.807) is 0 Å². The van der Waals surface area contributed by atoms with E-state index in [1.165, 1.54) is 26.2 Å². The summed E-state index contributed by atoms with van der Waals surface area (Å²) < 4.78 is 17.9. The Hall–Kier alpha value is -1.65. The van der Waals surface area contributed by atoms with Crippen LogP contribution in [0.4, 0.5) is 10.1 Å². The quantitative estimate of drug-likeness (QED) is 0.523. The summed E-state index contributed by atoms with van der Waals surface area (Å²) in [5, 5.41) is 10.4. The van der Waals surface area contributed by atoms with Gasteiger partial charge < -0.3 is 4.74 Å². The van der Waals surface area contributed by atoms with E-state index in [1.807, 2.05) is 0 Å². The minimum atomic E-state index is -0.684. The topological polar surface area (TPSA) is 52.4 Å². The van der Waals surface area contributed by atoms with Gasteiger partial charge in [0.2, 0.25) is 0 Å². The maximum absolute atomic E-state index is 13.2. The molecule has 0 aromatic heterocycles. The molecule has 0 unspecified atom stereocenters. The van der Waals surface area contributed by atoms with Crippen molar-refractivity contribution in [3.05, 3.63) is 33.6 Å². The van der Waals surface area contributed by atoms with Gasteiger partial charge in [-0.25, -0.2) is 4.39 Å². The molecule has 0 spiro atoms. The lowest BCUT2D eigenvalue weighted by atomic mass is 10.2. The van der Waals surface area contributed by atoms with Crippen molar-refractivity contribution in [3.63, 3.8) is 0 Å². The van der Waals surface area contributed by atoms with Crippen molar-refractivity contribution in [3.8, 4) is 5.75 Å². The highest BCUT2D eigenvalue weighted by Gasteiger charge is 2.17. The first-order chi connectivity index (χ1) is 6.07. The summed E-state index contributed by atoms with van der Waals surface area (Å²) in [4.78, 5) is 9.74. The SMILES string of the molecule is COc1ccc([N+](=O)[O-])c(C)c1F. The van der Waals surface area contributed by atoms with Crippen LogP contribution in [0.5, 0.6) is 5.75 Å². The molecule has 13 heavy (non-hydrogen) atoms. The Morgan fingerprint density at radius 1 is 1.54 bits per heavy atom. The predicted octanol–water partition coefficient (Wildman–Crippen LogP) is 2.05. The lowest BCUT2D eigenvalue weighted by Gasteiger charge is -2.03. The third-order valence-corrected chi connectivity index (χ3v) is 1.74. The van der Waals surface area contributed by atoms with E-state index in [0.29, 0.717) is 0 Å². The third-order valence-electron chi connectivity index (χ3n) is 1.74. The van der Waals surface area contributed by atoms with Crippen molar-refractivity contribution < 1.29 is 14.1 Å². The number of nitrogens with zero attached hydrogens (tertiary/aromatic N) is 1. The van der Waals surface area contributed by atoms with Crippen LogP contribution >= 0.6 is 0 Å². The Bertz CT molecular complexity index is 351. The Morgan fingerprint density at radius 3 is 2.62 bits per heavy atom. The summed E-state index contributed by atoms with van der Waals surface area (Å²) in [6.45, 7) is 1.34. The van der Waals surface area contributed by atoms with Gasteiger partial charge in [-0.1, -0.05) is 0 Å². The predicted molar refractivity (Wildman–Crippen MR) is 44.3 cm³/mol. The molecule has 4 nitrogen and oxygen atoms in total. The molecule has 1 aromatic rings. The molecule has 0 N–H and O–H groups in total. The number of nitro benzene ring substituents is 1. The Morgan fingerprint density at radius 2 is 2.15 bits per heavy atom. The fraction of sp³-hybridized carbons (Fsp3) is 0.250. The van der Waals surface area contributed by atoms with Crippen LogP contribution in [-0.4, -0.2) is 12.0 Å². The van der Waals surface area contributed by atoms with Crippen molar-refractivity contribution in [2.75, 3.05) is 7.11 Å². The fourth-order valence-corrected chi connectivity index (χ4v) is 1.01. The summed E-state index contributed by atoms with van der Waals surface area (Å²) in [5.41, 5.74) is -0.248. The van der Waals surface area contributed by atoms with Gasteiger partial charge in [-0.05, 0) is 13.0 Å². The summed E-state index contributed by atoms with van der Waals surface area (Å²) in [6.07, 6.45) is 0. The first kappa shape index (κ1) is 9.44. The molecular weight excluding hydrogens is 177 g/mol. The van der Waals surface area contributed by atoms with Crippen LogP contribution in [0.1, 0.15) is 5.56 Å².